The molecule has 116 valence electrons. The summed E-state index contributed by atoms with van der Waals surface area (Å²) < 4.78 is 5.46. The number of ether oxygens (including phenoxy) is 1. The van der Waals surface area contributed by atoms with Crippen molar-refractivity contribution < 1.29 is 9.53 Å². The molecule has 0 saturated carbocycles. The summed E-state index contributed by atoms with van der Waals surface area (Å²) >= 11 is 1.67. The third-order valence-corrected chi connectivity index (χ3v) is 5.65. The summed E-state index contributed by atoms with van der Waals surface area (Å²) in [6.45, 7) is 7.51. The first-order valence-corrected chi connectivity index (χ1v) is 8.79. The molecular formula is C16H24N2O2S. The second-order valence-corrected chi connectivity index (χ2v) is 7.04. The van der Waals surface area contributed by atoms with Crippen LogP contribution >= 0.6 is 11.3 Å². The normalized spacial score (nSPS) is 19.6. The van der Waals surface area contributed by atoms with E-state index in [1.807, 2.05) is 11.0 Å². The predicted molar refractivity (Wildman–Crippen MR) is 84.9 cm³/mol. The molecule has 0 radical (unpaired) electrons. The van der Waals surface area contributed by atoms with Gasteiger partial charge in [-0.2, -0.15) is 0 Å². The van der Waals surface area contributed by atoms with Crippen LogP contribution in [0.25, 0.3) is 0 Å². The molecule has 21 heavy (non-hydrogen) atoms. The average molecular weight is 308 g/mol. The van der Waals surface area contributed by atoms with Gasteiger partial charge in [0, 0.05) is 24.4 Å². The molecule has 1 aromatic heterocycles. The fourth-order valence-corrected chi connectivity index (χ4v) is 4.21. The van der Waals surface area contributed by atoms with E-state index in [-0.39, 0.29) is 5.91 Å². The summed E-state index contributed by atoms with van der Waals surface area (Å²) in [5, 5.41) is 3.41. The quantitative estimate of drug-likeness (QED) is 0.928. The van der Waals surface area contributed by atoms with E-state index in [4.69, 9.17) is 4.74 Å². The van der Waals surface area contributed by atoms with Crippen molar-refractivity contribution in [2.45, 2.75) is 32.8 Å². The van der Waals surface area contributed by atoms with Gasteiger partial charge in [0.05, 0.1) is 18.1 Å². The summed E-state index contributed by atoms with van der Waals surface area (Å²) in [4.78, 5) is 16.9. The number of amides is 1. The number of likely N-dealkylation sites (tertiary alicyclic amines) is 1. The number of thiophene rings is 1. The van der Waals surface area contributed by atoms with Crippen LogP contribution in [0.4, 0.5) is 0 Å². The number of nitrogens with one attached hydrogen (secondary N) is 1. The van der Waals surface area contributed by atoms with E-state index < -0.39 is 0 Å². The molecule has 2 aliphatic rings. The first-order valence-electron chi connectivity index (χ1n) is 7.97. The minimum atomic E-state index is 0.219. The Labute approximate surface area is 130 Å². The van der Waals surface area contributed by atoms with Crippen molar-refractivity contribution in [3.05, 3.63) is 21.4 Å². The number of rotatable bonds is 4. The number of carbonyl (C=O) groups is 1. The van der Waals surface area contributed by atoms with Gasteiger partial charge in [0.15, 0.2) is 0 Å². The monoisotopic (exact) mass is 308 g/mol. The minimum absolute atomic E-state index is 0.219. The number of piperidine rings is 1. The molecule has 0 bridgehead atoms. The van der Waals surface area contributed by atoms with Gasteiger partial charge >= 0.3 is 0 Å². The van der Waals surface area contributed by atoms with Crippen LogP contribution in [0, 0.1) is 5.92 Å². The molecule has 0 unspecified atom stereocenters. The van der Waals surface area contributed by atoms with Crippen LogP contribution in [0.3, 0.4) is 0 Å². The van der Waals surface area contributed by atoms with E-state index in [1.54, 1.807) is 11.3 Å². The van der Waals surface area contributed by atoms with E-state index in [9.17, 15) is 4.79 Å². The molecule has 4 nitrogen and oxygen atoms in total. The number of carbonyl (C=O) groups excluding carboxylic acids is 1. The standard InChI is InChI=1S/C16H24N2O2S/c1-2-17-10-12-3-6-18(7-4-12)16(19)15-9-13-11-20-8-5-14(13)21-15/h9,12,17H,2-8,10-11H2,1H3. The highest BCUT2D eigenvalue weighted by molar-refractivity contribution is 7.14. The molecule has 0 aromatic carbocycles. The van der Waals surface area contributed by atoms with Crippen molar-refractivity contribution >= 4 is 17.2 Å². The van der Waals surface area contributed by atoms with Gasteiger partial charge in [0.25, 0.3) is 5.91 Å². The van der Waals surface area contributed by atoms with Gasteiger partial charge < -0.3 is 15.0 Å². The second-order valence-electron chi connectivity index (χ2n) is 5.90. The fourth-order valence-electron chi connectivity index (χ4n) is 3.10. The Balaban J connectivity index is 1.57. The van der Waals surface area contributed by atoms with Gasteiger partial charge in [-0.3, -0.25) is 4.79 Å². The van der Waals surface area contributed by atoms with Crippen LogP contribution < -0.4 is 5.32 Å². The van der Waals surface area contributed by atoms with Gasteiger partial charge in [-0.25, -0.2) is 0 Å². The van der Waals surface area contributed by atoms with Crippen LogP contribution in [-0.2, 0) is 17.8 Å². The molecule has 0 spiro atoms. The minimum Gasteiger partial charge on any atom is -0.376 e. The number of nitrogens with zero attached hydrogens (tertiary/aromatic N) is 1. The van der Waals surface area contributed by atoms with E-state index in [0.717, 1.165) is 62.8 Å². The summed E-state index contributed by atoms with van der Waals surface area (Å²) in [5.74, 6) is 0.940. The number of fused-ring (bicyclic) bond motifs is 1. The topological polar surface area (TPSA) is 41.6 Å². The maximum absolute atomic E-state index is 12.6. The van der Waals surface area contributed by atoms with Gasteiger partial charge in [-0.05, 0) is 43.5 Å². The first-order chi connectivity index (χ1) is 10.3. The molecule has 3 rings (SSSR count). The molecular weight excluding hydrogens is 284 g/mol. The highest BCUT2D eigenvalue weighted by Gasteiger charge is 2.25. The lowest BCUT2D eigenvalue weighted by molar-refractivity contribution is 0.0695. The van der Waals surface area contributed by atoms with Crippen LogP contribution in [0.1, 0.15) is 39.9 Å². The van der Waals surface area contributed by atoms with Crippen molar-refractivity contribution in [3.63, 3.8) is 0 Å². The van der Waals surface area contributed by atoms with E-state index in [2.05, 4.69) is 12.2 Å². The molecule has 2 aliphatic heterocycles. The lowest BCUT2D eigenvalue weighted by atomic mass is 9.96. The molecule has 3 heterocycles. The van der Waals surface area contributed by atoms with Crippen LogP contribution in [-0.4, -0.2) is 43.6 Å². The molecule has 0 aliphatic carbocycles. The fraction of sp³-hybridized carbons (Fsp3) is 0.688. The van der Waals surface area contributed by atoms with Gasteiger partial charge in [-0.15, -0.1) is 11.3 Å². The first kappa shape index (κ1) is 15.0. The van der Waals surface area contributed by atoms with E-state index in [1.165, 1.54) is 10.4 Å². The Morgan fingerprint density at radius 2 is 2.29 bits per heavy atom. The highest BCUT2D eigenvalue weighted by Crippen LogP contribution is 2.29. The van der Waals surface area contributed by atoms with Crippen molar-refractivity contribution in [2.24, 2.45) is 5.92 Å². The van der Waals surface area contributed by atoms with Crippen molar-refractivity contribution in [3.8, 4) is 0 Å². The molecule has 5 heteroatoms. The Bertz CT molecular complexity index is 469. The van der Waals surface area contributed by atoms with Gasteiger partial charge in [-0.1, -0.05) is 6.92 Å². The zero-order valence-corrected chi connectivity index (χ0v) is 13.5. The highest BCUT2D eigenvalue weighted by atomic mass is 32.1. The zero-order valence-electron chi connectivity index (χ0n) is 12.7. The molecule has 1 aromatic rings. The summed E-state index contributed by atoms with van der Waals surface area (Å²) in [6.07, 6.45) is 3.19. The lowest BCUT2D eigenvalue weighted by Gasteiger charge is -2.31. The third-order valence-electron chi connectivity index (χ3n) is 4.42. The van der Waals surface area contributed by atoms with Crippen LogP contribution in [0.15, 0.2) is 6.07 Å². The molecule has 1 saturated heterocycles. The molecule has 0 atom stereocenters. The summed E-state index contributed by atoms with van der Waals surface area (Å²) in [5.41, 5.74) is 1.22. The second kappa shape index (κ2) is 6.90. The van der Waals surface area contributed by atoms with Crippen molar-refractivity contribution in [1.82, 2.24) is 10.2 Å². The summed E-state index contributed by atoms with van der Waals surface area (Å²) in [6, 6.07) is 2.05. The molecule has 1 amide bonds. The Kier molecular flexibility index (Phi) is 4.93. The van der Waals surface area contributed by atoms with Crippen molar-refractivity contribution in [1.29, 1.82) is 0 Å². The SMILES string of the molecule is CCNCC1CCN(C(=O)c2cc3c(s2)CCOC3)CC1. The lowest BCUT2D eigenvalue weighted by Crippen LogP contribution is -2.40. The third kappa shape index (κ3) is 3.47. The van der Waals surface area contributed by atoms with E-state index >= 15 is 0 Å². The smallest absolute Gasteiger partial charge is 0.263 e. The van der Waals surface area contributed by atoms with Crippen LogP contribution in [0.2, 0.25) is 0 Å². The van der Waals surface area contributed by atoms with Crippen LogP contribution in [0.5, 0.6) is 0 Å². The van der Waals surface area contributed by atoms with E-state index in [0.29, 0.717) is 6.61 Å². The Morgan fingerprint density at radius 3 is 3.00 bits per heavy atom. The predicted octanol–water partition coefficient (Wildman–Crippen LogP) is 2.28. The van der Waals surface area contributed by atoms with Crippen molar-refractivity contribution in [2.75, 3.05) is 32.8 Å². The molecule has 1 N–H and O–H groups in total. The van der Waals surface area contributed by atoms with Gasteiger partial charge in [0.1, 0.15) is 0 Å². The number of hydrogen-bond donors (Lipinski definition) is 1. The Hall–Kier alpha value is -0.910. The average Bonchev–Trinajstić information content (AvgIpc) is 2.96. The number of hydrogen-bond acceptors (Lipinski definition) is 4. The Morgan fingerprint density at radius 1 is 1.48 bits per heavy atom. The maximum atomic E-state index is 12.6. The van der Waals surface area contributed by atoms with Gasteiger partial charge in [0.2, 0.25) is 0 Å². The largest absolute Gasteiger partial charge is 0.376 e. The maximum Gasteiger partial charge on any atom is 0.263 e. The zero-order chi connectivity index (χ0) is 14.7. The summed E-state index contributed by atoms with van der Waals surface area (Å²) in [7, 11) is 0. The molecule has 1 fully saturated rings.